The Hall–Kier alpha value is -1.92. The molecule has 1 saturated heterocycles. The van der Waals surface area contributed by atoms with E-state index in [-0.39, 0.29) is 17.9 Å². The van der Waals surface area contributed by atoms with Crippen LogP contribution in [0.2, 0.25) is 0 Å². The molecule has 2 heterocycles. The Morgan fingerprint density at radius 2 is 2.17 bits per heavy atom. The molecule has 2 aromatic rings. The number of fused-ring (bicyclic) bond motifs is 1. The summed E-state index contributed by atoms with van der Waals surface area (Å²) in [5, 5.41) is 4.14. The fourth-order valence-corrected chi connectivity index (χ4v) is 4.50. The Morgan fingerprint density at radius 3 is 2.92 bits per heavy atom. The van der Waals surface area contributed by atoms with Crippen LogP contribution in [0.5, 0.6) is 0 Å². The third-order valence-electron chi connectivity index (χ3n) is 4.65. The minimum atomic E-state index is -0.238. The van der Waals surface area contributed by atoms with Crippen LogP contribution in [0, 0.1) is 6.92 Å². The van der Waals surface area contributed by atoms with E-state index in [1.54, 1.807) is 0 Å². The normalized spacial score (nSPS) is 18.1. The van der Waals surface area contributed by atoms with Crippen molar-refractivity contribution in [1.29, 1.82) is 0 Å². The van der Waals surface area contributed by atoms with Crippen molar-refractivity contribution >= 4 is 33.2 Å². The fourth-order valence-electron chi connectivity index (χ4n) is 3.37. The first kappa shape index (κ1) is 16.9. The van der Waals surface area contributed by atoms with E-state index in [1.807, 2.05) is 25.1 Å². The molecule has 3 rings (SSSR count). The minimum absolute atomic E-state index is 0.0124. The van der Waals surface area contributed by atoms with Crippen LogP contribution in [0.1, 0.15) is 34.5 Å². The molecule has 3 N–H and O–H groups in total. The number of thiophene rings is 1. The third-order valence-corrected chi connectivity index (χ3v) is 5.92. The number of nitrogens with zero attached hydrogens (tertiary/aromatic N) is 1. The fraction of sp³-hybridized carbons (Fsp3) is 0.444. The highest BCUT2D eigenvalue weighted by Gasteiger charge is 2.28. The zero-order valence-corrected chi connectivity index (χ0v) is 14.7. The maximum Gasteiger partial charge on any atom is 0.261 e. The molecule has 0 radical (unpaired) electrons. The molecule has 1 aromatic carbocycles. The van der Waals surface area contributed by atoms with Crippen LogP contribution in [0.4, 0.5) is 0 Å². The van der Waals surface area contributed by atoms with Crippen molar-refractivity contribution in [3.63, 3.8) is 0 Å². The van der Waals surface area contributed by atoms with E-state index in [1.165, 1.54) is 11.3 Å². The number of carbonyl (C=O) groups is 2. The number of hydrogen-bond acceptors (Lipinski definition) is 4. The van der Waals surface area contributed by atoms with Gasteiger partial charge in [-0.15, -0.1) is 11.3 Å². The number of primary amides is 1. The molecule has 0 unspecified atom stereocenters. The van der Waals surface area contributed by atoms with Gasteiger partial charge in [0.25, 0.3) is 5.91 Å². The Balaban J connectivity index is 1.52. The summed E-state index contributed by atoms with van der Waals surface area (Å²) in [6.45, 7) is 4.31. The number of likely N-dealkylation sites (tertiary alicyclic amines) is 1. The minimum Gasteiger partial charge on any atom is -0.368 e. The lowest BCUT2D eigenvalue weighted by Crippen LogP contribution is -2.41. The lowest BCUT2D eigenvalue weighted by molar-refractivity contribution is -0.122. The molecule has 1 aromatic heterocycles. The molecule has 1 fully saturated rings. The van der Waals surface area contributed by atoms with Crippen LogP contribution >= 0.6 is 11.3 Å². The largest absolute Gasteiger partial charge is 0.368 e. The molecule has 24 heavy (non-hydrogen) atoms. The van der Waals surface area contributed by atoms with E-state index in [0.717, 1.165) is 52.9 Å². The van der Waals surface area contributed by atoms with E-state index in [9.17, 15) is 9.59 Å². The second kappa shape index (κ2) is 7.32. The van der Waals surface area contributed by atoms with Crippen molar-refractivity contribution in [1.82, 2.24) is 10.2 Å². The van der Waals surface area contributed by atoms with E-state index in [4.69, 9.17) is 5.73 Å². The standard InChI is InChI=1S/C18H23N3O2S/c1-12-13-6-2-3-8-15(13)24-16(12)18(23)20-9-5-11-21-10-4-7-14(21)17(19)22/h2-3,6,8,14H,4-5,7,9-11H2,1H3,(H2,19,22)(H,20,23)/t14-/m0/s1. The first-order valence-electron chi connectivity index (χ1n) is 8.37. The van der Waals surface area contributed by atoms with Crippen molar-refractivity contribution in [2.45, 2.75) is 32.2 Å². The van der Waals surface area contributed by atoms with E-state index < -0.39 is 0 Å². The smallest absolute Gasteiger partial charge is 0.261 e. The molecule has 5 nitrogen and oxygen atoms in total. The van der Waals surface area contributed by atoms with Crippen LogP contribution < -0.4 is 11.1 Å². The van der Waals surface area contributed by atoms with Crippen LogP contribution in [-0.2, 0) is 4.79 Å². The van der Waals surface area contributed by atoms with Crippen molar-refractivity contribution in [2.75, 3.05) is 19.6 Å². The molecule has 0 bridgehead atoms. The second-order valence-electron chi connectivity index (χ2n) is 6.26. The number of nitrogens with one attached hydrogen (secondary N) is 1. The Kier molecular flexibility index (Phi) is 5.16. The van der Waals surface area contributed by atoms with Gasteiger partial charge in [-0.25, -0.2) is 0 Å². The zero-order valence-electron chi connectivity index (χ0n) is 13.9. The lowest BCUT2D eigenvalue weighted by atomic mass is 10.1. The molecule has 1 atom stereocenters. The molecule has 1 aliphatic heterocycles. The number of rotatable bonds is 6. The highest BCUT2D eigenvalue weighted by molar-refractivity contribution is 7.21. The van der Waals surface area contributed by atoms with Crippen molar-refractivity contribution < 1.29 is 9.59 Å². The summed E-state index contributed by atoms with van der Waals surface area (Å²) >= 11 is 1.54. The molecule has 128 valence electrons. The van der Waals surface area contributed by atoms with Crippen molar-refractivity contribution in [3.8, 4) is 0 Å². The molecule has 0 aliphatic carbocycles. The highest BCUT2D eigenvalue weighted by Crippen LogP contribution is 2.30. The molecular formula is C18H23N3O2S. The quantitative estimate of drug-likeness (QED) is 0.789. The summed E-state index contributed by atoms with van der Waals surface area (Å²) in [7, 11) is 0. The Morgan fingerprint density at radius 1 is 1.38 bits per heavy atom. The maximum absolute atomic E-state index is 12.4. The van der Waals surface area contributed by atoms with Gasteiger partial charge in [-0.2, -0.15) is 0 Å². The van der Waals surface area contributed by atoms with Gasteiger partial charge in [0.1, 0.15) is 0 Å². The summed E-state index contributed by atoms with van der Waals surface area (Å²) < 4.78 is 1.14. The van der Waals surface area contributed by atoms with Gasteiger partial charge in [-0.1, -0.05) is 18.2 Å². The van der Waals surface area contributed by atoms with E-state index in [2.05, 4.69) is 16.3 Å². The molecule has 1 aliphatic rings. The zero-order chi connectivity index (χ0) is 17.1. The molecular weight excluding hydrogens is 322 g/mol. The Labute approximate surface area is 145 Å². The maximum atomic E-state index is 12.4. The van der Waals surface area contributed by atoms with Crippen molar-refractivity contribution in [2.24, 2.45) is 5.73 Å². The van der Waals surface area contributed by atoms with Gasteiger partial charge < -0.3 is 11.1 Å². The number of aryl methyl sites for hydroxylation is 1. The average Bonchev–Trinajstić information content (AvgIpc) is 3.17. The van der Waals surface area contributed by atoms with Crippen molar-refractivity contribution in [3.05, 3.63) is 34.7 Å². The SMILES string of the molecule is Cc1c(C(=O)NCCCN2CCC[C@H]2C(N)=O)sc2ccccc12. The molecule has 6 heteroatoms. The monoisotopic (exact) mass is 345 g/mol. The third kappa shape index (κ3) is 3.44. The predicted molar refractivity (Wildman–Crippen MR) is 97.3 cm³/mol. The van der Waals surface area contributed by atoms with E-state index >= 15 is 0 Å². The Bertz CT molecular complexity index is 756. The van der Waals surface area contributed by atoms with Crippen LogP contribution in [0.3, 0.4) is 0 Å². The summed E-state index contributed by atoms with van der Waals surface area (Å²) in [4.78, 5) is 26.7. The van der Waals surface area contributed by atoms with Gasteiger partial charge in [-0.3, -0.25) is 14.5 Å². The van der Waals surface area contributed by atoms with Gasteiger partial charge in [0.2, 0.25) is 5.91 Å². The first-order valence-corrected chi connectivity index (χ1v) is 9.19. The van der Waals surface area contributed by atoms with Gasteiger partial charge in [0.15, 0.2) is 0 Å². The number of amides is 2. The summed E-state index contributed by atoms with van der Waals surface area (Å²) in [6, 6.07) is 7.95. The van der Waals surface area contributed by atoms with Gasteiger partial charge in [0, 0.05) is 17.8 Å². The van der Waals surface area contributed by atoms with Crippen LogP contribution in [0.15, 0.2) is 24.3 Å². The predicted octanol–water partition coefficient (Wildman–Crippen LogP) is 2.28. The summed E-state index contributed by atoms with van der Waals surface area (Å²) in [5.41, 5.74) is 6.46. The average molecular weight is 345 g/mol. The van der Waals surface area contributed by atoms with E-state index in [0.29, 0.717) is 6.54 Å². The summed E-state index contributed by atoms with van der Waals surface area (Å²) in [5.74, 6) is -0.251. The van der Waals surface area contributed by atoms with Gasteiger partial charge >= 0.3 is 0 Å². The topological polar surface area (TPSA) is 75.4 Å². The molecule has 0 saturated carbocycles. The molecule has 0 spiro atoms. The van der Waals surface area contributed by atoms with Gasteiger partial charge in [0.05, 0.1) is 10.9 Å². The lowest BCUT2D eigenvalue weighted by Gasteiger charge is -2.21. The van der Waals surface area contributed by atoms with Crippen LogP contribution in [0.25, 0.3) is 10.1 Å². The van der Waals surface area contributed by atoms with Crippen LogP contribution in [-0.4, -0.2) is 42.4 Å². The number of carbonyl (C=O) groups excluding carboxylic acids is 2. The van der Waals surface area contributed by atoms with Gasteiger partial charge in [-0.05, 0) is 49.7 Å². The highest BCUT2D eigenvalue weighted by atomic mass is 32.1. The number of nitrogens with two attached hydrogens (primary N) is 1. The first-order chi connectivity index (χ1) is 11.6. The molecule has 2 amide bonds. The second-order valence-corrected chi connectivity index (χ2v) is 7.31. The number of benzene rings is 1. The number of hydrogen-bond donors (Lipinski definition) is 2. The summed E-state index contributed by atoms with van der Waals surface area (Å²) in [6.07, 6.45) is 2.68.